The molecule has 25 heavy (non-hydrogen) atoms. The van der Waals surface area contributed by atoms with Gasteiger partial charge in [-0.1, -0.05) is 6.07 Å². The molecule has 0 radical (unpaired) electrons. The molecule has 1 unspecified atom stereocenters. The van der Waals surface area contributed by atoms with E-state index in [-0.39, 0.29) is 24.0 Å². The molecule has 0 bridgehead atoms. The lowest BCUT2D eigenvalue weighted by atomic mass is 10.2. The Morgan fingerprint density at radius 3 is 2.68 bits per heavy atom. The number of anilines is 1. The highest BCUT2D eigenvalue weighted by atomic mass is 127. The van der Waals surface area contributed by atoms with E-state index in [4.69, 9.17) is 0 Å². The van der Waals surface area contributed by atoms with Crippen LogP contribution in [-0.4, -0.2) is 38.1 Å². The molecule has 2 aromatic rings. The van der Waals surface area contributed by atoms with E-state index >= 15 is 0 Å². The van der Waals surface area contributed by atoms with Gasteiger partial charge in [0, 0.05) is 61.7 Å². The minimum absolute atomic E-state index is 0. The van der Waals surface area contributed by atoms with Gasteiger partial charge in [-0.2, -0.15) is 0 Å². The minimum atomic E-state index is 0. The SMILES string of the molecule is CN=C(NCc1cccnc1N(C)C)NC(C)Cc1ccc(C)s1.I. The van der Waals surface area contributed by atoms with Crippen molar-refractivity contribution in [1.82, 2.24) is 15.6 Å². The number of thiophene rings is 1. The van der Waals surface area contributed by atoms with E-state index in [1.807, 2.05) is 42.6 Å². The van der Waals surface area contributed by atoms with Crippen molar-refractivity contribution in [1.29, 1.82) is 0 Å². The summed E-state index contributed by atoms with van der Waals surface area (Å²) in [4.78, 5) is 13.5. The van der Waals surface area contributed by atoms with Crippen LogP contribution < -0.4 is 15.5 Å². The van der Waals surface area contributed by atoms with Crippen molar-refractivity contribution in [3.63, 3.8) is 0 Å². The maximum atomic E-state index is 4.43. The summed E-state index contributed by atoms with van der Waals surface area (Å²) in [6, 6.07) is 8.73. The van der Waals surface area contributed by atoms with E-state index in [1.54, 1.807) is 7.05 Å². The lowest BCUT2D eigenvalue weighted by Gasteiger charge is -2.19. The maximum Gasteiger partial charge on any atom is 0.191 e. The molecule has 0 amide bonds. The smallest absolute Gasteiger partial charge is 0.191 e. The second-order valence-electron chi connectivity index (χ2n) is 6.07. The van der Waals surface area contributed by atoms with Crippen LogP contribution in [0.3, 0.4) is 0 Å². The van der Waals surface area contributed by atoms with Gasteiger partial charge < -0.3 is 15.5 Å². The van der Waals surface area contributed by atoms with Crippen LogP contribution in [0.2, 0.25) is 0 Å². The molecule has 2 N–H and O–H groups in total. The van der Waals surface area contributed by atoms with Crippen molar-refractivity contribution in [2.45, 2.75) is 32.9 Å². The number of rotatable bonds is 6. The third kappa shape index (κ3) is 6.81. The number of nitrogens with zero attached hydrogens (tertiary/aromatic N) is 3. The first-order valence-electron chi connectivity index (χ1n) is 8.13. The molecule has 0 aliphatic heterocycles. The van der Waals surface area contributed by atoms with Crippen LogP contribution in [0.25, 0.3) is 0 Å². The van der Waals surface area contributed by atoms with Crippen LogP contribution in [0.15, 0.2) is 35.5 Å². The Hall–Kier alpha value is -1.35. The van der Waals surface area contributed by atoms with E-state index in [9.17, 15) is 0 Å². The largest absolute Gasteiger partial charge is 0.362 e. The first-order chi connectivity index (χ1) is 11.5. The molecule has 0 aliphatic rings. The molecule has 0 saturated heterocycles. The lowest BCUT2D eigenvalue weighted by Crippen LogP contribution is -2.42. The van der Waals surface area contributed by atoms with E-state index in [0.717, 1.165) is 23.8 Å². The predicted molar refractivity (Wildman–Crippen MR) is 120 cm³/mol. The van der Waals surface area contributed by atoms with E-state index in [2.05, 4.69) is 52.7 Å². The number of guanidine groups is 1. The Bertz CT molecular complexity index is 684. The number of aromatic nitrogens is 1. The van der Waals surface area contributed by atoms with E-state index in [1.165, 1.54) is 9.75 Å². The molecule has 138 valence electrons. The van der Waals surface area contributed by atoms with Gasteiger partial charge in [-0.15, -0.1) is 35.3 Å². The zero-order valence-corrected chi connectivity index (χ0v) is 18.7. The average Bonchev–Trinajstić information content (AvgIpc) is 2.96. The molecule has 2 rings (SSSR count). The zero-order chi connectivity index (χ0) is 17.5. The van der Waals surface area contributed by atoms with Crippen molar-refractivity contribution >= 4 is 47.1 Å². The first kappa shape index (κ1) is 21.7. The topological polar surface area (TPSA) is 52.6 Å². The van der Waals surface area contributed by atoms with Gasteiger partial charge in [-0.25, -0.2) is 4.98 Å². The normalized spacial score (nSPS) is 12.3. The van der Waals surface area contributed by atoms with E-state index in [0.29, 0.717) is 12.6 Å². The van der Waals surface area contributed by atoms with Crippen LogP contribution in [0.4, 0.5) is 5.82 Å². The number of nitrogens with one attached hydrogen (secondary N) is 2. The molecule has 2 aromatic heterocycles. The van der Waals surface area contributed by atoms with Crippen LogP contribution in [-0.2, 0) is 13.0 Å². The summed E-state index contributed by atoms with van der Waals surface area (Å²) >= 11 is 1.85. The molecule has 0 aliphatic carbocycles. The first-order valence-corrected chi connectivity index (χ1v) is 8.95. The molecule has 2 heterocycles. The molecule has 0 saturated carbocycles. The summed E-state index contributed by atoms with van der Waals surface area (Å²) in [6.07, 6.45) is 2.81. The second-order valence-corrected chi connectivity index (χ2v) is 7.44. The van der Waals surface area contributed by atoms with Gasteiger partial charge >= 0.3 is 0 Å². The highest BCUT2D eigenvalue weighted by molar-refractivity contribution is 14.0. The van der Waals surface area contributed by atoms with Gasteiger partial charge in [0.15, 0.2) is 5.96 Å². The minimum Gasteiger partial charge on any atom is -0.362 e. The quantitative estimate of drug-likeness (QED) is 0.384. The summed E-state index contributed by atoms with van der Waals surface area (Å²) in [5, 5.41) is 6.83. The molecule has 0 fully saturated rings. The third-order valence-corrected chi connectivity index (χ3v) is 4.67. The van der Waals surface area contributed by atoms with Crippen LogP contribution in [0, 0.1) is 6.92 Å². The van der Waals surface area contributed by atoms with Crippen molar-refractivity contribution in [2.75, 3.05) is 26.0 Å². The Kier molecular flexibility index (Phi) is 9.20. The average molecular weight is 473 g/mol. The van der Waals surface area contributed by atoms with Gasteiger partial charge in [0.05, 0.1) is 0 Å². The Morgan fingerprint density at radius 1 is 1.32 bits per heavy atom. The fourth-order valence-corrected chi connectivity index (χ4v) is 3.54. The monoisotopic (exact) mass is 473 g/mol. The number of pyridine rings is 1. The zero-order valence-electron chi connectivity index (χ0n) is 15.5. The van der Waals surface area contributed by atoms with Crippen LogP contribution in [0.1, 0.15) is 22.2 Å². The number of aliphatic imine (C=N–C) groups is 1. The van der Waals surface area contributed by atoms with Crippen LogP contribution in [0.5, 0.6) is 0 Å². The standard InChI is InChI=1S/C18H27N5S.HI/c1-13(11-16-9-8-14(2)24-16)22-18(19-3)21-12-15-7-6-10-20-17(15)23(4)5;/h6-10,13H,11-12H2,1-5H3,(H2,19,21,22);1H. The lowest BCUT2D eigenvalue weighted by molar-refractivity contribution is 0.644. The highest BCUT2D eigenvalue weighted by Gasteiger charge is 2.09. The van der Waals surface area contributed by atoms with Gasteiger partial charge in [-0.3, -0.25) is 4.99 Å². The number of halogens is 1. The Labute approximate surface area is 172 Å². The highest BCUT2D eigenvalue weighted by Crippen LogP contribution is 2.17. The van der Waals surface area contributed by atoms with Gasteiger partial charge in [0.25, 0.3) is 0 Å². The van der Waals surface area contributed by atoms with Gasteiger partial charge in [0.1, 0.15) is 5.82 Å². The van der Waals surface area contributed by atoms with Crippen molar-refractivity contribution in [2.24, 2.45) is 4.99 Å². The summed E-state index contributed by atoms with van der Waals surface area (Å²) in [5.41, 5.74) is 1.15. The van der Waals surface area contributed by atoms with Crippen LogP contribution >= 0.6 is 35.3 Å². The summed E-state index contributed by atoms with van der Waals surface area (Å²) in [6.45, 7) is 5.01. The van der Waals surface area contributed by atoms with Crippen molar-refractivity contribution < 1.29 is 0 Å². The van der Waals surface area contributed by atoms with Gasteiger partial charge in [0.2, 0.25) is 0 Å². The molecule has 1 atom stereocenters. The fourth-order valence-electron chi connectivity index (χ4n) is 2.53. The molecular weight excluding hydrogens is 445 g/mol. The second kappa shape index (κ2) is 10.6. The molecule has 0 spiro atoms. The van der Waals surface area contributed by atoms with Crippen molar-refractivity contribution in [3.8, 4) is 0 Å². The Balaban J connectivity index is 0.00000312. The third-order valence-electron chi connectivity index (χ3n) is 3.65. The molecule has 7 heteroatoms. The summed E-state index contributed by atoms with van der Waals surface area (Å²) < 4.78 is 0. The molecule has 0 aromatic carbocycles. The number of hydrogen-bond donors (Lipinski definition) is 2. The van der Waals surface area contributed by atoms with Crippen molar-refractivity contribution in [3.05, 3.63) is 45.8 Å². The number of hydrogen-bond acceptors (Lipinski definition) is 4. The summed E-state index contributed by atoms with van der Waals surface area (Å²) in [7, 11) is 5.81. The summed E-state index contributed by atoms with van der Waals surface area (Å²) in [5.74, 6) is 1.78. The molecular formula is C18H28IN5S. The van der Waals surface area contributed by atoms with E-state index < -0.39 is 0 Å². The predicted octanol–water partition coefficient (Wildman–Crippen LogP) is 3.43. The number of aryl methyl sites for hydroxylation is 1. The molecule has 5 nitrogen and oxygen atoms in total. The fraction of sp³-hybridized carbons (Fsp3) is 0.444. The Morgan fingerprint density at radius 2 is 2.08 bits per heavy atom. The maximum absolute atomic E-state index is 4.43. The van der Waals surface area contributed by atoms with Gasteiger partial charge in [-0.05, 0) is 32.0 Å².